The molecule has 0 aliphatic carbocycles. The second kappa shape index (κ2) is 8.99. The number of fused-ring (bicyclic) bond motifs is 1. The van der Waals surface area contributed by atoms with Crippen LogP contribution in [0.15, 0.2) is 0 Å². The second-order valence-electron chi connectivity index (χ2n) is 12.8. The van der Waals surface area contributed by atoms with Crippen LogP contribution in [0.2, 0.25) is 0 Å². The van der Waals surface area contributed by atoms with E-state index < -0.39 is 39.0 Å². The Bertz CT molecular complexity index is 838. The molecule has 2 N–H and O–H groups in total. The predicted octanol–water partition coefficient (Wildman–Crippen LogP) is 3.38. The lowest BCUT2D eigenvalue weighted by molar-refractivity contribution is -0.155. The van der Waals surface area contributed by atoms with Gasteiger partial charge in [-0.2, -0.15) is 0 Å². The van der Waals surface area contributed by atoms with Gasteiger partial charge in [0.05, 0.1) is 35.8 Å². The molecule has 0 aromatic rings. The van der Waals surface area contributed by atoms with Gasteiger partial charge in [-0.3, -0.25) is 14.4 Å². The third-order valence-corrected chi connectivity index (χ3v) is 9.74. The SMILES string of the molecule is CCOC(=O)[C@H]1[C@H]2C(=O)N([C@@H](CO)C(C)C)C(C(=O)NC(C)(C)CC(C)(C)C)C23CC[C@]1(C)S3. The summed E-state index contributed by atoms with van der Waals surface area (Å²) in [7, 11) is 0. The maximum absolute atomic E-state index is 14.1. The molecule has 3 fully saturated rings. The monoisotopic (exact) mass is 496 g/mol. The number of nitrogens with zero attached hydrogens (tertiary/aromatic N) is 1. The molecule has 6 atom stereocenters. The van der Waals surface area contributed by atoms with Crippen LogP contribution in [-0.4, -0.2) is 68.1 Å². The quantitative estimate of drug-likeness (QED) is 0.500. The highest BCUT2D eigenvalue weighted by Gasteiger charge is 2.78. The standard InChI is InChI=1S/C26H44N2O5S/c1-10-33-22(32)18-17-21(31)28(16(13-29)15(2)3)19(26(17)12-11-25(18,9)34-26)20(30)27-24(7,8)14-23(4,5)6/h15-19,29H,10-14H2,1-9H3,(H,27,30)/t16-,17-,18+,19?,25-,26?/m0/s1. The molecule has 3 aliphatic rings. The minimum Gasteiger partial charge on any atom is -0.466 e. The van der Waals surface area contributed by atoms with Crippen molar-refractivity contribution >= 4 is 29.5 Å². The van der Waals surface area contributed by atoms with Crippen molar-refractivity contribution in [1.82, 2.24) is 10.2 Å². The van der Waals surface area contributed by atoms with Crippen LogP contribution >= 0.6 is 11.8 Å². The minimum absolute atomic E-state index is 0.0113. The Morgan fingerprint density at radius 2 is 1.85 bits per heavy atom. The van der Waals surface area contributed by atoms with Crippen molar-refractivity contribution in [3.63, 3.8) is 0 Å². The molecule has 3 rings (SSSR count). The zero-order chi connectivity index (χ0) is 25.9. The number of rotatable bonds is 8. The smallest absolute Gasteiger partial charge is 0.311 e. The average Bonchev–Trinajstić information content (AvgIpc) is 3.21. The molecule has 0 radical (unpaired) electrons. The molecule has 8 heteroatoms. The first-order valence-electron chi connectivity index (χ1n) is 12.7. The van der Waals surface area contributed by atoms with Crippen molar-refractivity contribution in [1.29, 1.82) is 0 Å². The number of esters is 1. The maximum Gasteiger partial charge on any atom is 0.311 e. The van der Waals surface area contributed by atoms with E-state index in [1.165, 1.54) is 0 Å². The highest BCUT2D eigenvalue weighted by molar-refractivity contribution is 8.02. The molecule has 3 saturated heterocycles. The van der Waals surface area contributed by atoms with Crippen molar-refractivity contribution < 1.29 is 24.2 Å². The number of aliphatic hydroxyl groups is 1. The number of amides is 2. The number of hydrogen-bond donors (Lipinski definition) is 2. The molecule has 7 nitrogen and oxygen atoms in total. The Labute approximate surface area is 209 Å². The lowest BCUT2D eigenvalue weighted by Crippen LogP contribution is -2.60. The van der Waals surface area contributed by atoms with Crippen molar-refractivity contribution in [3.8, 4) is 0 Å². The van der Waals surface area contributed by atoms with Gasteiger partial charge in [0, 0.05) is 10.3 Å². The number of nitrogens with one attached hydrogen (secondary N) is 1. The van der Waals surface area contributed by atoms with Gasteiger partial charge in [-0.05, 0) is 58.3 Å². The van der Waals surface area contributed by atoms with Crippen LogP contribution < -0.4 is 5.32 Å². The molecule has 194 valence electrons. The summed E-state index contributed by atoms with van der Waals surface area (Å²) < 4.78 is 4.28. The van der Waals surface area contributed by atoms with Gasteiger partial charge in [0.1, 0.15) is 6.04 Å². The Hall–Kier alpha value is -1.28. The normalized spacial score (nSPS) is 33.9. The van der Waals surface area contributed by atoms with Gasteiger partial charge in [-0.1, -0.05) is 34.6 Å². The maximum atomic E-state index is 14.1. The number of hydrogen-bond acceptors (Lipinski definition) is 6. The van der Waals surface area contributed by atoms with Crippen LogP contribution in [0.25, 0.3) is 0 Å². The van der Waals surface area contributed by atoms with E-state index in [4.69, 9.17) is 4.74 Å². The molecule has 0 aromatic carbocycles. The first kappa shape index (κ1) is 27.3. The van der Waals surface area contributed by atoms with E-state index in [1.807, 2.05) is 34.6 Å². The number of aliphatic hydroxyl groups excluding tert-OH is 1. The summed E-state index contributed by atoms with van der Waals surface area (Å²) in [6.07, 6.45) is 2.21. The van der Waals surface area contributed by atoms with Crippen LogP contribution in [0.4, 0.5) is 0 Å². The number of thioether (sulfide) groups is 1. The second-order valence-corrected chi connectivity index (χ2v) is 14.7. The molecule has 3 aliphatic heterocycles. The number of likely N-dealkylation sites (tertiary alicyclic amines) is 1. The Morgan fingerprint density at radius 1 is 1.24 bits per heavy atom. The van der Waals surface area contributed by atoms with Gasteiger partial charge >= 0.3 is 5.97 Å². The fourth-order valence-corrected chi connectivity index (χ4v) is 9.33. The highest BCUT2D eigenvalue weighted by Crippen LogP contribution is 2.71. The van der Waals surface area contributed by atoms with Gasteiger partial charge in [-0.25, -0.2) is 0 Å². The van der Waals surface area contributed by atoms with Crippen LogP contribution in [0.5, 0.6) is 0 Å². The van der Waals surface area contributed by atoms with Crippen LogP contribution in [0.1, 0.15) is 81.6 Å². The Morgan fingerprint density at radius 3 is 2.35 bits per heavy atom. The third kappa shape index (κ3) is 4.49. The van der Waals surface area contributed by atoms with Crippen molar-refractivity contribution in [2.75, 3.05) is 13.2 Å². The summed E-state index contributed by atoms with van der Waals surface area (Å²) in [5.74, 6) is -1.99. The largest absolute Gasteiger partial charge is 0.466 e. The van der Waals surface area contributed by atoms with E-state index >= 15 is 0 Å². The number of carbonyl (C=O) groups excluding carboxylic acids is 3. The lowest BCUT2D eigenvalue weighted by Gasteiger charge is -2.41. The molecular weight excluding hydrogens is 452 g/mol. The molecule has 0 aromatic heterocycles. The number of carbonyl (C=O) groups is 3. The molecule has 2 unspecified atom stereocenters. The van der Waals surface area contributed by atoms with Crippen LogP contribution in [0.3, 0.4) is 0 Å². The molecule has 2 bridgehead atoms. The first-order chi connectivity index (χ1) is 15.5. The zero-order valence-corrected chi connectivity index (χ0v) is 23.2. The van der Waals surface area contributed by atoms with Gasteiger partial charge < -0.3 is 20.1 Å². The first-order valence-corrected chi connectivity index (χ1v) is 13.5. The molecule has 1 spiro atoms. The molecular formula is C26H44N2O5S. The fraction of sp³-hybridized carbons (Fsp3) is 0.885. The van der Waals surface area contributed by atoms with Crippen LogP contribution in [-0.2, 0) is 19.1 Å². The van der Waals surface area contributed by atoms with E-state index in [9.17, 15) is 19.5 Å². The Kier molecular flexibility index (Phi) is 7.22. The highest BCUT2D eigenvalue weighted by atomic mass is 32.2. The lowest BCUT2D eigenvalue weighted by atomic mass is 9.66. The summed E-state index contributed by atoms with van der Waals surface area (Å²) in [6, 6.07) is -1.24. The van der Waals surface area contributed by atoms with E-state index in [2.05, 4.69) is 26.1 Å². The fourth-order valence-electron chi connectivity index (χ4n) is 7.00. The molecule has 0 saturated carbocycles. The average molecular weight is 497 g/mol. The summed E-state index contributed by atoms with van der Waals surface area (Å²) >= 11 is 1.63. The van der Waals surface area contributed by atoms with Gasteiger partial charge in [0.2, 0.25) is 11.8 Å². The Balaban J connectivity index is 2.07. The molecule has 2 amide bonds. The van der Waals surface area contributed by atoms with Crippen molar-refractivity contribution in [2.45, 2.75) is 109 Å². The zero-order valence-electron chi connectivity index (χ0n) is 22.4. The summed E-state index contributed by atoms with van der Waals surface area (Å²) in [4.78, 5) is 42.9. The summed E-state index contributed by atoms with van der Waals surface area (Å²) in [6.45, 7) is 18.2. The predicted molar refractivity (Wildman–Crippen MR) is 134 cm³/mol. The van der Waals surface area contributed by atoms with E-state index in [0.29, 0.717) is 6.42 Å². The van der Waals surface area contributed by atoms with Crippen molar-refractivity contribution in [3.05, 3.63) is 0 Å². The third-order valence-electron chi connectivity index (χ3n) is 7.75. The van der Waals surface area contributed by atoms with E-state index in [0.717, 1.165) is 12.8 Å². The van der Waals surface area contributed by atoms with E-state index in [1.54, 1.807) is 23.6 Å². The van der Waals surface area contributed by atoms with E-state index in [-0.39, 0.29) is 42.3 Å². The molecule has 34 heavy (non-hydrogen) atoms. The minimum atomic E-state index is -0.741. The van der Waals surface area contributed by atoms with Gasteiger partial charge in [0.15, 0.2) is 0 Å². The van der Waals surface area contributed by atoms with Crippen molar-refractivity contribution in [2.24, 2.45) is 23.2 Å². The molecule has 3 heterocycles. The van der Waals surface area contributed by atoms with Gasteiger partial charge in [-0.15, -0.1) is 11.8 Å². The number of ether oxygens (including phenoxy) is 1. The van der Waals surface area contributed by atoms with Gasteiger partial charge in [0.25, 0.3) is 0 Å². The van der Waals surface area contributed by atoms with Crippen LogP contribution in [0, 0.1) is 23.2 Å². The topological polar surface area (TPSA) is 95.9 Å². The summed E-state index contributed by atoms with van der Waals surface area (Å²) in [5, 5.41) is 13.5. The summed E-state index contributed by atoms with van der Waals surface area (Å²) in [5.41, 5.74) is -0.464.